The van der Waals surface area contributed by atoms with Gasteiger partial charge in [0.25, 0.3) is 5.91 Å². The highest BCUT2D eigenvalue weighted by Gasteiger charge is 2.31. The van der Waals surface area contributed by atoms with Gasteiger partial charge in [-0.05, 0) is 47.1 Å². The number of hydrogen-bond acceptors (Lipinski definition) is 4. The van der Waals surface area contributed by atoms with Crippen molar-refractivity contribution in [1.82, 2.24) is 19.6 Å². The molecule has 0 bridgehead atoms. The molecule has 0 aliphatic carbocycles. The van der Waals surface area contributed by atoms with Gasteiger partial charge in [0, 0.05) is 44.5 Å². The van der Waals surface area contributed by atoms with Crippen LogP contribution in [0.2, 0.25) is 0 Å². The van der Waals surface area contributed by atoms with Crippen molar-refractivity contribution in [2.75, 3.05) is 26.2 Å². The van der Waals surface area contributed by atoms with Gasteiger partial charge in [0.05, 0.1) is 11.0 Å². The maximum atomic E-state index is 13.0. The molecule has 1 saturated heterocycles. The third-order valence-electron chi connectivity index (χ3n) is 4.49. The highest BCUT2D eigenvalue weighted by molar-refractivity contribution is 9.10. The number of aryl methyl sites for hydroxylation is 1. The van der Waals surface area contributed by atoms with Crippen LogP contribution in [0.3, 0.4) is 0 Å². The maximum Gasteiger partial charge on any atom is 0.275 e. The van der Waals surface area contributed by atoms with Crippen LogP contribution in [-0.4, -0.2) is 63.5 Å². The van der Waals surface area contributed by atoms with Crippen molar-refractivity contribution in [3.8, 4) is 0 Å². The number of piperazine rings is 1. The number of amides is 1. The molecule has 1 amide bonds. The molecule has 8 heteroatoms. The summed E-state index contributed by atoms with van der Waals surface area (Å²) in [7, 11) is 1.77. The van der Waals surface area contributed by atoms with Crippen LogP contribution in [0.15, 0.2) is 34.9 Å². The molecule has 2 aromatic rings. The predicted molar refractivity (Wildman–Crippen MR) is 98.6 cm³/mol. The number of benzene rings is 1. The van der Waals surface area contributed by atoms with E-state index in [2.05, 4.69) is 21.0 Å². The van der Waals surface area contributed by atoms with Crippen molar-refractivity contribution >= 4 is 27.6 Å². The van der Waals surface area contributed by atoms with Gasteiger partial charge in [-0.2, -0.15) is 5.10 Å². The lowest BCUT2D eigenvalue weighted by Crippen LogP contribution is -2.55. The Hall–Kier alpha value is -2.06. The Labute approximate surface area is 159 Å². The molecule has 1 fully saturated rings. The standard InChI is InChI=1S/C18H20BrFN4O2/c1-12-9-23(11-16(25)13-3-5-14(20)6-4-13)7-8-24(12)18(26)17-15(19)10-22(2)21-17/h3-6,10,12H,7-9,11H2,1-2H3. The van der Waals surface area contributed by atoms with Gasteiger partial charge >= 0.3 is 0 Å². The van der Waals surface area contributed by atoms with Crippen LogP contribution in [-0.2, 0) is 7.05 Å². The Morgan fingerprint density at radius 3 is 2.54 bits per heavy atom. The van der Waals surface area contributed by atoms with E-state index in [1.54, 1.807) is 22.8 Å². The fourth-order valence-corrected chi connectivity index (χ4v) is 3.69. The monoisotopic (exact) mass is 422 g/mol. The van der Waals surface area contributed by atoms with E-state index in [1.165, 1.54) is 24.3 Å². The Balaban J connectivity index is 1.61. The minimum Gasteiger partial charge on any atom is -0.332 e. The Bertz CT molecular complexity index is 821. The highest BCUT2D eigenvalue weighted by atomic mass is 79.9. The molecular formula is C18H20BrFN4O2. The van der Waals surface area contributed by atoms with Gasteiger partial charge in [0.1, 0.15) is 5.82 Å². The molecule has 26 heavy (non-hydrogen) atoms. The van der Waals surface area contributed by atoms with Gasteiger partial charge in [-0.25, -0.2) is 4.39 Å². The fourth-order valence-electron chi connectivity index (χ4n) is 3.15. The van der Waals surface area contributed by atoms with E-state index in [0.29, 0.717) is 35.4 Å². The zero-order valence-electron chi connectivity index (χ0n) is 14.7. The number of Topliss-reactive ketones (excluding diaryl/α,β-unsaturated/α-hetero) is 1. The topological polar surface area (TPSA) is 58.4 Å². The summed E-state index contributed by atoms with van der Waals surface area (Å²) in [4.78, 5) is 28.9. The molecule has 1 atom stereocenters. The quantitative estimate of drug-likeness (QED) is 0.709. The summed E-state index contributed by atoms with van der Waals surface area (Å²) in [6.45, 7) is 3.95. The van der Waals surface area contributed by atoms with Gasteiger partial charge < -0.3 is 4.90 Å². The minimum atomic E-state index is -0.358. The zero-order chi connectivity index (χ0) is 18.8. The molecular weight excluding hydrogens is 403 g/mol. The van der Waals surface area contributed by atoms with Crippen LogP contribution in [0, 0.1) is 5.82 Å². The fraction of sp³-hybridized carbons (Fsp3) is 0.389. The summed E-state index contributed by atoms with van der Waals surface area (Å²) in [5.41, 5.74) is 0.894. The number of carbonyl (C=O) groups excluding carboxylic acids is 2. The Morgan fingerprint density at radius 2 is 1.96 bits per heavy atom. The van der Waals surface area contributed by atoms with Gasteiger partial charge in [0.15, 0.2) is 11.5 Å². The number of ketones is 1. The first-order valence-corrected chi connectivity index (χ1v) is 9.15. The second-order valence-electron chi connectivity index (χ2n) is 6.51. The number of nitrogens with zero attached hydrogens (tertiary/aromatic N) is 4. The summed E-state index contributed by atoms with van der Waals surface area (Å²) in [5, 5.41) is 4.21. The van der Waals surface area contributed by atoms with Crippen molar-refractivity contribution in [3.63, 3.8) is 0 Å². The molecule has 6 nitrogen and oxygen atoms in total. The SMILES string of the molecule is CC1CN(CC(=O)c2ccc(F)cc2)CCN1C(=O)c1nn(C)cc1Br. The highest BCUT2D eigenvalue weighted by Crippen LogP contribution is 2.20. The molecule has 138 valence electrons. The van der Waals surface area contributed by atoms with E-state index in [0.717, 1.165) is 0 Å². The van der Waals surface area contributed by atoms with E-state index < -0.39 is 0 Å². The molecule has 1 aromatic carbocycles. The average Bonchev–Trinajstić information content (AvgIpc) is 2.93. The largest absolute Gasteiger partial charge is 0.332 e. The minimum absolute atomic E-state index is 0.0360. The molecule has 0 saturated carbocycles. The predicted octanol–water partition coefficient (Wildman–Crippen LogP) is 2.35. The molecule has 1 aromatic heterocycles. The number of hydrogen-bond donors (Lipinski definition) is 0. The van der Waals surface area contributed by atoms with E-state index in [9.17, 15) is 14.0 Å². The van der Waals surface area contributed by atoms with E-state index in [4.69, 9.17) is 0 Å². The van der Waals surface area contributed by atoms with Crippen LogP contribution in [0.25, 0.3) is 0 Å². The van der Waals surface area contributed by atoms with Crippen molar-refractivity contribution in [2.24, 2.45) is 7.05 Å². The lowest BCUT2D eigenvalue weighted by molar-refractivity contribution is 0.0476. The Kier molecular flexibility index (Phi) is 5.52. The molecule has 1 aliphatic heterocycles. The smallest absolute Gasteiger partial charge is 0.275 e. The van der Waals surface area contributed by atoms with Gasteiger partial charge in [-0.15, -0.1) is 0 Å². The van der Waals surface area contributed by atoms with E-state index >= 15 is 0 Å². The lowest BCUT2D eigenvalue weighted by atomic mass is 10.1. The summed E-state index contributed by atoms with van der Waals surface area (Å²) in [6.07, 6.45) is 1.75. The molecule has 0 radical (unpaired) electrons. The van der Waals surface area contributed by atoms with E-state index in [1.807, 2.05) is 11.8 Å². The molecule has 1 aliphatic rings. The summed E-state index contributed by atoms with van der Waals surface area (Å²) < 4.78 is 15.2. The number of carbonyl (C=O) groups is 2. The van der Waals surface area contributed by atoms with Crippen molar-refractivity contribution in [1.29, 1.82) is 0 Å². The van der Waals surface area contributed by atoms with Crippen LogP contribution in [0.4, 0.5) is 4.39 Å². The van der Waals surface area contributed by atoms with Crippen molar-refractivity contribution in [3.05, 3.63) is 52.0 Å². The third-order valence-corrected chi connectivity index (χ3v) is 5.07. The van der Waals surface area contributed by atoms with Gasteiger partial charge in [-0.1, -0.05) is 0 Å². The van der Waals surface area contributed by atoms with Crippen molar-refractivity contribution in [2.45, 2.75) is 13.0 Å². The molecule has 1 unspecified atom stereocenters. The molecule has 0 spiro atoms. The van der Waals surface area contributed by atoms with Gasteiger partial charge in [-0.3, -0.25) is 19.2 Å². The molecule has 3 rings (SSSR count). The van der Waals surface area contributed by atoms with Crippen LogP contribution in [0.1, 0.15) is 27.8 Å². The molecule has 0 N–H and O–H groups in total. The average molecular weight is 423 g/mol. The first-order valence-electron chi connectivity index (χ1n) is 8.36. The number of rotatable bonds is 4. The van der Waals surface area contributed by atoms with Crippen LogP contribution in [0.5, 0.6) is 0 Å². The number of halogens is 2. The molecule has 2 heterocycles. The number of aromatic nitrogens is 2. The first kappa shape index (κ1) is 18.7. The zero-order valence-corrected chi connectivity index (χ0v) is 16.2. The maximum absolute atomic E-state index is 13.0. The summed E-state index contributed by atoms with van der Waals surface area (Å²) in [6, 6.07) is 5.54. The Morgan fingerprint density at radius 1 is 1.27 bits per heavy atom. The third kappa shape index (κ3) is 4.02. The van der Waals surface area contributed by atoms with Gasteiger partial charge in [0.2, 0.25) is 0 Å². The first-order chi connectivity index (χ1) is 12.3. The van der Waals surface area contributed by atoms with Crippen molar-refractivity contribution < 1.29 is 14.0 Å². The summed E-state index contributed by atoms with van der Waals surface area (Å²) >= 11 is 3.37. The van der Waals surface area contributed by atoms with Crippen LogP contribution >= 0.6 is 15.9 Å². The normalized spacial score (nSPS) is 18.2. The summed E-state index contributed by atoms with van der Waals surface area (Å²) in [5.74, 6) is -0.526. The lowest BCUT2D eigenvalue weighted by Gasteiger charge is -2.39. The second-order valence-corrected chi connectivity index (χ2v) is 7.37. The second kappa shape index (κ2) is 7.67. The van der Waals surface area contributed by atoms with Crippen LogP contribution < -0.4 is 0 Å². The van der Waals surface area contributed by atoms with E-state index in [-0.39, 0.29) is 30.1 Å².